The average Bonchev–Trinajstić information content (AvgIpc) is 3.01. The summed E-state index contributed by atoms with van der Waals surface area (Å²) in [6, 6.07) is 1.99. The summed E-state index contributed by atoms with van der Waals surface area (Å²) in [4.78, 5) is 10.9. The minimum absolute atomic E-state index is 0.209. The Balaban J connectivity index is 2.26. The summed E-state index contributed by atoms with van der Waals surface area (Å²) in [5, 5.41) is 20.3. The lowest BCUT2D eigenvalue weighted by molar-refractivity contribution is 0.0692. The Bertz CT molecular complexity index is 393. The van der Waals surface area contributed by atoms with Crippen LogP contribution in [0.1, 0.15) is 23.2 Å². The minimum atomic E-state index is -0.965. The van der Waals surface area contributed by atoms with Gasteiger partial charge in [-0.25, -0.2) is 4.79 Å². The number of aromatic carboxylic acids is 1. The van der Waals surface area contributed by atoms with Crippen LogP contribution in [0.15, 0.2) is 11.1 Å². The van der Waals surface area contributed by atoms with Gasteiger partial charge in [0.05, 0.1) is 5.56 Å². The lowest BCUT2D eigenvalue weighted by atomic mass is 10.3. The molecule has 1 saturated carbocycles. The van der Waals surface area contributed by atoms with Crippen molar-refractivity contribution in [3.8, 4) is 0 Å². The van der Waals surface area contributed by atoms with Crippen molar-refractivity contribution < 1.29 is 9.90 Å². The molecule has 1 fully saturated rings. The van der Waals surface area contributed by atoms with Gasteiger partial charge < -0.3 is 10.4 Å². The van der Waals surface area contributed by atoms with Crippen LogP contribution < -0.4 is 5.32 Å². The van der Waals surface area contributed by atoms with Crippen molar-refractivity contribution in [3.05, 3.63) is 11.6 Å². The van der Waals surface area contributed by atoms with Gasteiger partial charge >= 0.3 is 5.97 Å². The van der Waals surface area contributed by atoms with E-state index < -0.39 is 5.97 Å². The second-order valence-electron chi connectivity index (χ2n) is 3.38. The van der Waals surface area contributed by atoms with E-state index in [0.29, 0.717) is 16.9 Å². The maximum absolute atomic E-state index is 10.9. The van der Waals surface area contributed by atoms with Gasteiger partial charge in [-0.2, -0.15) is 0 Å². The Hall–Kier alpha value is -1.30. The van der Waals surface area contributed by atoms with Gasteiger partial charge in [-0.3, -0.25) is 0 Å². The number of carboxylic acid groups (broad SMARTS) is 1. The fourth-order valence-corrected chi connectivity index (χ4v) is 1.68. The quantitative estimate of drug-likeness (QED) is 0.756. The highest BCUT2D eigenvalue weighted by Gasteiger charge is 2.22. The molecule has 15 heavy (non-hydrogen) atoms. The van der Waals surface area contributed by atoms with Crippen molar-refractivity contribution in [1.29, 1.82) is 0 Å². The van der Waals surface area contributed by atoms with E-state index >= 15 is 0 Å². The molecule has 2 N–H and O–H groups in total. The third-order valence-electron chi connectivity index (χ3n) is 2.11. The number of nitrogens with one attached hydrogen (secondary N) is 1. The first kappa shape index (κ1) is 10.2. The first-order valence-corrected chi connectivity index (χ1v) is 5.84. The minimum Gasteiger partial charge on any atom is -0.478 e. The number of carboxylic acids is 1. The summed E-state index contributed by atoms with van der Waals surface area (Å²) in [6.45, 7) is 0. The third kappa shape index (κ3) is 2.38. The predicted octanol–water partition coefficient (Wildman–Crippen LogP) is 1.47. The van der Waals surface area contributed by atoms with Gasteiger partial charge in [0.1, 0.15) is 10.8 Å². The highest BCUT2D eigenvalue weighted by atomic mass is 32.2. The molecule has 0 aliphatic heterocycles. The molecular weight excluding hydrogens is 214 g/mol. The van der Waals surface area contributed by atoms with Crippen LogP contribution in [-0.4, -0.2) is 33.6 Å². The van der Waals surface area contributed by atoms with E-state index in [1.165, 1.54) is 11.8 Å². The zero-order chi connectivity index (χ0) is 10.8. The molecule has 0 saturated heterocycles. The average molecular weight is 225 g/mol. The maximum Gasteiger partial charge on any atom is 0.338 e. The molecule has 6 heteroatoms. The fraction of sp³-hybridized carbons (Fsp3) is 0.444. The molecule has 0 unspecified atom stereocenters. The van der Waals surface area contributed by atoms with Gasteiger partial charge in [-0.05, 0) is 25.2 Å². The molecule has 5 nitrogen and oxygen atoms in total. The van der Waals surface area contributed by atoms with Crippen LogP contribution in [0.2, 0.25) is 0 Å². The van der Waals surface area contributed by atoms with E-state index in [2.05, 4.69) is 15.5 Å². The van der Waals surface area contributed by atoms with E-state index in [4.69, 9.17) is 5.11 Å². The number of aromatic nitrogens is 2. The fourth-order valence-electron chi connectivity index (χ4n) is 1.19. The third-order valence-corrected chi connectivity index (χ3v) is 2.80. The molecule has 0 radical (unpaired) electrons. The van der Waals surface area contributed by atoms with Crippen molar-refractivity contribution in [1.82, 2.24) is 10.2 Å². The van der Waals surface area contributed by atoms with Gasteiger partial charge in [-0.1, -0.05) is 0 Å². The number of rotatable bonds is 4. The standard InChI is InChI=1S/C9H11N3O2S/c1-15-8-6(9(13)14)4-7(11-12-8)10-5-2-3-5/h4-5H,2-3H2,1H3,(H,10,11)(H,13,14). The molecular formula is C9H11N3O2S. The molecule has 1 aromatic heterocycles. The highest BCUT2D eigenvalue weighted by Crippen LogP contribution is 2.25. The van der Waals surface area contributed by atoms with Crippen molar-refractivity contribution in [2.75, 3.05) is 11.6 Å². The van der Waals surface area contributed by atoms with Crippen molar-refractivity contribution in [2.45, 2.75) is 23.9 Å². The van der Waals surface area contributed by atoms with Gasteiger partial charge in [0.2, 0.25) is 0 Å². The second-order valence-corrected chi connectivity index (χ2v) is 4.17. The summed E-state index contributed by atoms with van der Waals surface area (Å²) in [6.07, 6.45) is 4.02. The number of hydrogen-bond donors (Lipinski definition) is 2. The highest BCUT2D eigenvalue weighted by molar-refractivity contribution is 7.98. The monoisotopic (exact) mass is 225 g/mol. The molecule has 1 aliphatic rings. The van der Waals surface area contributed by atoms with Crippen molar-refractivity contribution in [3.63, 3.8) is 0 Å². The zero-order valence-electron chi connectivity index (χ0n) is 8.23. The number of thioether (sulfide) groups is 1. The molecule has 80 valence electrons. The van der Waals surface area contributed by atoms with Gasteiger partial charge in [0, 0.05) is 6.04 Å². The van der Waals surface area contributed by atoms with Crippen LogP contribution in [0.25, 0.3) is 0 Å². The first-order chi connectivity index (χ1) is 7.20. The molecule has 1 heterocycles. The van der Waals surface area contributed by atoms with Crippen LogP contribution in [0.5, 0.6) is 0 Å². The molecule has 2 rings (SSSR count). The Labute approximate surface area is 91.3 Å². The van der Waals surface area contributed by atoms with Crippen molar-refractivity contribution >= 4 is 23.5 Å². The Kier molecular flexibility index (Phi) is 2.77. The van der Waals surface area contributed by atoms with Crippen LogP contribution in [0.3, 0.4) is 0 Å². The molecule has 1 aliphatic carbocycles. The first-order valence-electron chi connectivity index (χ1n) is 4.62. The lowest BCUT2D eigenvalue weighted by Gasteiger charge is -2.05. The van der Waals surface area contributed by atoms with Gasteiger partial charge in [-0.15, -0.1) is 22.0 Å². The second kappa shape index (κ2) is 4.06. The van der Waals surface area contributed by atoms with Gasteiger partial charge in [0.15, 0.2) is 0 Å². The van der Waals surface area contributed by atoms with E-state index in [-0.39, 0.29) is 5.56 Å². The molecule has 1 aromatic rings. The summed E-state index contributed by atoms with van der Waals surface area (Å²) in [7, 11) is 0. The Morgan fingerprint density at radius 3 is 2.87 bits per heavy atom. The van der Waals surface area contributed by atoms with E-state index in [9.17, 15) is 4.79 Å². The molecule has 0 aromatic carbocycles. The summed E-state index contributed by atoms with van der Waals surface area (Å²) in [5.74, 6) is -0.416. The van der Waals surface area contributed by atoms with Crippen LogP contribution >= 0.6 is 11.8 Å². The number of hydrogen-bond acceptors (Lipinski definition) is 5. The maximum atomic E-state index is 10.9. The molecule has 0 bridgehead atoms. The Morgan fingerprint density at radius 1 is 1.60 bits per heavy atom. The normalized spacial score (nSPS) is 15.0. The van der Waals surface area contributed by atoms with Crippen LogP contribution in [0, 0.1) is 0 Å². The van der Waals surface area contributed by atoms with Gasteiger partial charge in [0.25, 0.3) is 0 Å². The summed E-state index contributed by atoms with van der Waals surface area (Å²) < 4.78 is 0. The summed E-state index contributed by atoms with van der Waals surface area (Å²) >= 11 is 1.28. The van der Waals surface area contributed by atoms with E-state index in [0.717, 1.165) is 12.8 Å². The number of anilines is 1. The largest absolute Gasteiger partial charge is 0.478 e. The number of nitrogens with zero attached hydrogens (tertiary/aromatic N) is 2. The summed E-state index contributed by atoms with van der Waals surface area (Å²) in [5.41, 5.74) is 0.209. The Morgan fingerprint density at radius 2 is 2.33 bits per heavy atom. The predicted molar refractivity (Wildman–Crippen MR) is 57.4 cm³/mol. The number of carbonyl (C=O) groups is 1. The molecule has 0 spiro atoms. The topological polar surface area (TPSA) is 75.1 Å². The van der Waals surface area contributed by atoms with Crippen molar-refractivity contribution in [2.24, 2.45) is 0 Å². The molecule has 0 atom stereocenters. The lowest BCUT2D eigenvalue weighted by Crippen LogP contribution is -2.08. The smallest absolute Gasteiger partial charge is 0.338 e. The SMILES string of the molecule is CSc1nnc(NC2CC2)cc1C(=O)O. The van der Waals surface area contributed by atoms with Crippen LogP contribution in [0.4, 0.5) is 5.82 Å². The zero-order valence-corrected chi connectivity index (χ0v) is 9.04. The van der Waals surface area contributed by atoms with E-state index in [1.54, 1.807) is 12.3 Å². The van der Waals surface area contributed by atoms with Crippen LogP contribution in [-0.2, 0) is 0 Å². The molecule has 0 amide bonds. The van der Waals surface area contributed by atoms with E-state index in [1.807, 2.05) is 0 Å².